The molecule has 4 nitrogen and oxygen atoms in total. The van der Waals surface area contributed by atoms with E-state index in [1.807, 2.05) is 24.3 Å². The second kappa shape index (κ2) is 9.35. The third-order valence-electron chi connectivity index (χ3n) is 8.04. The molecule has 0 fully saturated rings. The normalized spacial score (nSPS) is 15.1. The molecular formula is C36H28O4. The van der Waals surface area contributed by atoms with Gasteiger partial charge in [-0.3, -0.25) is 0 Å². The van der Waals surface area contributed by atoms with Gasteiger partial charge >= 0.3 is 0 Å². The van der Waals surface area contributed by atoms with Gasteiger partial charge in [0.2, 0.25) is 0 Å². The minimum absolute atomic E-state index is 0.802. The van der Waals surface area contributed by atoms with Gasteiger partial charge in [0.1, 0.15) is 23.0 Å². The van der Waals surface area contributed by atoms with E-state index in [2.05, 4.69) is 72.8 Å². The Morgan fingerprint density at radius 1 is 0.300 bits per heavy atom. The summed E-state index contributed by atoms with van der Waals surface area (Å²) >= 11 is 0. The monoisotopic (exact) mass is 524 g/mol. The third-order valence-corrected chi connectivity index (χ3v) is 8.04. The molecule has 0 aromatic heterocycles. The maximum atomic E-state index is 5.83. The Labute approximate surface area is 230 Å². The summed E-state index contributed by atoms with van der Waals surface area (Å²) in [5.74, 6) is 3.22. The fraction of sp³-hybridized carbons (Fsp3) is 0.111. The first-order valence-corrected chi connectivity index (χ1v) is 13.2. The molecule has 0 spiro atoms. The Morgan fingerprint density at radius 3 is 0.775 bits per heavy atom. The summed E-state index contributed by atoms with van der Waals surface area (Å²) in [7, 11) is 6.84. The number of fused-ring (bicyclic) bond motifs is 6. The summed E-state index contributed by atoms with van der Waals surface area (Å²) in [6.07, 6.45) is 0. The van der Waals surface area contributed by atoms with Gasteiger partial charge in [-0.25, -0.2) is 0 Å². The van der Waals surface area contributed by atoms with Crippen LogP contribution in [0.15, 0.2) is 97.1 Å². The van der Waals surface area contributed by atoms with Gasteiger partial charge in [-0.1, -0.05) is 48.5 Å². The molecule has 196 valence electrons. The van der Waals surface area contributed by atoms with Gasteiger partial charge in [0.25, 0.3) is 0 Å². The van der Waals surface area contributed by atoms with E-state index in [1.165, 1.54) is 20.9 Å². The quantitative estimate of drug-likeness (QED) is 0.239. The molecule has 0 heterocycles. The molecule has 0 saturated heterocycles. The maximum absolute atomic E-state index is 5.83. The number of ether oxygens (including phenoxy) is 4. The predicted octanol–water partition coefficient (Wildman–Crippen LogP) is 7.49. The Bertz CT molecular complexity index is 2210. The van der Waals surface area contributed by atoms with E-state index in [-0.39, 0.29) is 0 Å². The van der Waals surface area contributed by atoms with E-state index in [9.17, 15) is 0 Å². The van der Waals surface area contributed by atoms with Crippen molar-refractivity contribution in [3.8, 4) is 23.0 Å². The van der Waals surface area contributed by atoms with Gasteiger partial charge in [-0.05, 0) is 90.3 Å². The van der Waals surface area contributed by atoms with Crippen LogP contribution in [0.25, 0.3) is 21.5 Å². The Balaban J connectivity index is 1.96. The highest BCUT2D eigenvalue weighted by atomic mass is 16.5. The minimum atomic E-state index is 0.802. The van der Waals surface area contributed by atoms with E-state index in [0.717, 1.165) is 65.4 Å². The first kappa shape index (κ1) is 24.1. The van der Waals surface area contributed by atoms with Crippen molar-refractivity contribution in [1.29, 1.82) is 0 Å². The van der Waals surface area contributed by atoms with Gasteiger partial charge in [0, 0.05) is 21.5 Å². The van der Waals surface area contributed by atoms with E-state index in [4.69, 9.17) is 18.9 Å². The summed E-state index contributed by atoms with van der Waals surface area (Å²) in [6.45, 7) is 0. The van der Waals surface area contributed by atoms with Crippen LogP contribution in [0.3, 0.4) is 0 Å². The Morgan fingerprint density at radius 2 is 0.525 bits per heavy atom. The molecule has 0 saturated carbocycles. The molecule has 0 amide bonds. The van der Waals surface area contributed by atoms with Crippen LogP contribution in [-0.4, -0.2) is 28.4 Å². The van der Waals surface area contributed by atoms with Crippen molar-refractivity contribution < 1.29 is 18.9 Å². The lowest BCUT2D eigenvalue weighted by atomic mass is 9.96. The molecule has 0 bridgehead atoms. The standard InChI is InChI=1S/C36H28O4/c1-37-33-13-15-35(39-3)31-19-27-25(17-29(31)33)23-11-7-5-9-21(23)22-10-6-8-12-24(22)26-18-30-32(20-28(26)27)36(40-4)16-14-34(30)38-2/h5-20H,1-4H3/b22-21-,25-23-,26-24-,28-27-. The van der Waals surface area contributed by atoms with E-state index >= 15 is 0 Å². The second-order valence-electron chi connectivity index (χ2n) is 9.92. The summed E-state index contributed by atoms with van der Waals surface area (Å²) in [6, 6.07) is 34.1. The zero-order chi connectivity index (χ0) is 27.4. The van der Waals surface area contributed by atoms with Crippen LogP contribution in [-0.2, 0) is 0 Å². The van der Waals surface area contributed by atoms with E-state index in [1.54, 1.807) is 28.4 Å². The van der Waals surface area contributed by atoms with E-state index < -0.39 is 0 Å². The van der Waals surface area contributed by atoms with Gasteiger partial charge in [-0.2, -0.15) is 0 Å². The Hall–Kier alpha value is -4.96. The van der Waals surface area contributed by atoms with Crippen LogP contribution in [0.2, 0.25) is 0 Å². The highest BCUT2D eigenvalue weighted by Gasteiger charge is 2.12. The lowest BCUT2D eigenvalue weighted by molar-refractivity contribution is 0.410. The molecular weight excluding hydrogens is 496 g/mol. The fourth-order valence-electron chi connectivity index (χ4n) is 6.19. The fourth-order valence-corrected chi connectivity index (χ4v) is 6.19. The molecule has 40 heavy (non-hydrogen) atoms. The number of methoxy groups -OCH3 is 4. The van der Waals surface area contributed by atoms with Crippen LogP contribution in [0, 0.1) is 41.7 Å². The van der Waals surface area contributed by atoms with Crippen molar-refractivity contribution in [1.82, 2.24) is 0 Å². The molecule has 0 unspecified atom stereocenters. The molecule has 0 radical (unpaired) electrons. The number of benzene rings is 6. The lowest BCUT2D eigenvalue weighted by Gasteiger charge is -2.13. The number of rotatable bonds is 4. The smallest absolute Gasteiger partial charge is 0.126 e. The molecule has 0 atom stereocenters. The first-order valence-electron chi connectivity index (χ1n) is 13.2. The van der Waals surface area contributed by atoms with Crippen molar-refractivity contribution in [3.05, 3.63) is 139 Å². The molecule has 1 aliphatic rings. The second-order valence-corrected chi connectivity index (χ2v) is 9.92. The van der Waals surface area contributed by atoms with Crippen LogP contribution >= 0.6 is 0 Å². The van der Waals surface area contributed by atoms with Gasteiger partial charge in [-0.15, -0.1) is 0 Å². The molecule has 1 aliphatic carbocycles. The molecule has 7 rings (SSSR count). The summed E-state index contributed by atoms with van der Waals surface area (Å²) < 4.78 is 23.3. The van der Waals surface area contributed by atoms with Crippen LogP contribution in [0.5, 0.6) is 23.0 Å². The molecule has 0 aliphatic heterocycles. The van der Waals surface area contributed by atoms with Gasteiger partial charge < -0.3 is 18.9 Å². The van der Waals surface area contributed by atoms with Crippen molar-refractivity contribution in [3.63, 3.8) is 0 Å². The number of hydrogen-bond acceptors (Lipinski definition) is 4. The molecule has 4 heteroatoms. The van der Waals surface area contributed by atoms with Crippen LogP contribution < -0.4 is 18.9 Å². The predicted molar refractivity (Wildman–Crippen MR) is 158 cm³/mol. The summed E-state index contributed by atoms with van der Waals surface area (Å²) in [5.41, 5.74) is 0. The largest absolute Gasteiger partial charge is 0.496 e. The van der Waals surface area contributed by atoms with Crippen molar-refractivity contribution >= 4 is 21.5 Å². The first-order chi connectivity index (χ1) is 19.7. The van der Waals surface area contributed by atoms with Crippen molar-refractivity contribution in [2.75, 3.05) is 28.4 Å². The number of hydrogen-bond donors (Lipinski definition) is 0. The third kappa shape index (κ3) is 3.46. The minimum Gasteiger partial charge on any atom is -0.496 e. The Kier molecular flexibility index (Phi) is 5.64. The van der Waals surface area contributed by atoms with Crippen molar-refractivity contribution in [2.45, 2.75) is 0 Å². The molecule has 0 N–H and O–H groups in total. The van der Waals surface area contributed by atoms with Crippen LogP contribution in [0.1, 0.15) is 0 Å². The average Bonchev–Trinajstić information content (AvgIpc) is 3.01. The highest BCUT2D eigenvalue weighted by molar-refractivity contribution is 5.95. The lowest BCUT2D eigenvalue weighted by Crippen LogP contribution is -1.95. The highest BCUT2D eigenvalue weighted by Crippen LogP contribution is 2.36. The molecule has 6 aromatic rings. The summed E-state index contributed by atoms with van der Waals surface area (Å²) in [5, 5.41) is 13.2. The SMILES string of the molecule is COc1ccc(OC)c2cc3/c(cc12)=c1/cccc/c1=c1\cccc\c1=c1/cc2c(OC)ccc(OC)c2c/c1=3. The zero-order valence-corrected chi connectivity index (χ0v) is 22.9. The zero-order valence-electron chi connectivity index (χ0n) is 22.9. The maximum Gasteiger partial charge on any atom is 0.126 e. The average molecular weight is 525 g/mol. The molecule has 6 aromatic carbocycles. The van der Waals surface area contributed by atoms with Gasteiger partial charge in [0.15, 0.2) is 0 Å². The van der Waals surface area contributed by atoms with Gasteiger partial charge in [0.05, 0.1) is 28.4 Å². The topological polar surface area (TPSA) is 36.9 Å². The van der Waals surface area contributed by atoms with Crippen molar-refractivity contribution in [2.24, 2.45) is 0 Å². The summed E-state index contributed by atoms with van der Waals surface area (Å²) in [4.78, 5) is 0. The van der Waals surface area contributed by atoms with Crippen LogP contribution in [0.4, 0.5) is 0 Å². The van der Waals surface area contributed by atoms with E-state index in [0.29, 0.717) is 0 Å².